The number of hydrogen-bond acceptors (Lipinski definition) is 4. The van der Waals surface area contributed by atoms with Crippen LogP contribution in [0, 0.1) is 0 Å². The normalized spacial score (nSPS) is 16.8. The second kappa shape index (κ2) is 5.54. The number of carbonyl (C=O) groups is 1. The Morgan fingerprint density at radius 1 is 1.14 bits per heavy atom. The van der Waals surface area contributed by atoms with Gasteiger partial charge in [-0.3, -0.25) is 0 Å². The molecule has 0 bridgehead atoms. The molecule has 22 heavy (non-hydrogen) atoms. The van der Waals surface area contributed by atoms with Crippen LogP contribution in [0.25, 0.3) is 6.08 Å². The first-order valence-electron chi connectivity index (χ1n) is 7.10. The van der Waals surface area contributed by atoms with Crippen molar-refractivity contribution in [3.05, 3.63) is 63.5 Å². The van der Waals surface area contributed by atoms with Crippen molar-refractivity contribution < 1.29 is 9.53 Å². The smallest absolute Gasteiger partial charge is 0.363 e. The molecule has 1 aromatic carbocycles. The highest BCUT2D eigenvalue weighted by Crippen LogP contribution is 2.24. The van der Waals surface area contributed by atoms with Gasteiger partial charge in [-0.05, 0) is 34.1 Å². The van der Waals surface area contributed by atoms with E-state index in [4.69, 9.17) is 4.74 Å². The first-order chi connectivity index (χ1) is 10.4. The van der Waals surface area contributed by atoms with Gasteiger partial charge in [0.25, 0.3) is 0 Å². The van der Waals surface area contributed by atoms with Crippen molar-refractivity contribution in [2.75, 3.05) is 0 Å². The molecule has 112 valence electrons. The van der Waals surface area contributed by atoms with Crippen molar-refractivity contribution in [3.8, 4) is 0 Å². The highest BCUT2D eigenvalue weighted by molar-refractivity contribution is 7.12. The Morgan fingerprint density at radius 2 is 1.86 bits per heavy atom. The standard InChI is InChI=1S/C18H17NO2S/c1-18(2,3)13-8-6-12(7-9-13)11-14-17(20)21-16(19-14)15-5-4-10-22-15/h4-11H,1-3H3/b14-11+. The van der Waals surface area contributed by atoms with Crippen LogP contribution in [0.15, 0.2) is 52.5 Å². The molecule has 1 aromatic heterocycles. The summed E-state index contributed by atoms with van der Waals surface area (Å²) in [5, 5.41) is 1.93. The third kappa shape index (κ3) is 3.02. The molecule has 3 nitrogen and oxygen atoms in total. The van der Waals surface area contributed by atoms with E-state index in [1.54, 1.807) is 6.08 Å². The van der Waals surface area contributed by atoms with Crippen LogP contribution in [-0.4, -0.2) is 11.9 Å². The number of hydrogen-bond donors (Lipinski definition) is 0. The molecule has 3 rings (SSSR count). The molecule has 2 aromatic rings. The van der Waals surface area contributed by atoms with Crippen LogP contribution in [0.1, 0.15) is 36.8 Å². The molecule has 0 unspecified atom stereocenters. The Labute approximate surface area is 134 Å². The zero-order chi connectivity index (χ0) is 15.7. The summed E-state index contributed by atoms with van der Waals surface area (Å²) in [6, 6.07) is 12.0. The minimum Gasteiger partial charge on any atom is -0.401 e. The van der Waals surface area contributed by atoms with Crippen molar-refractivity contribution in [2.45, 2.75) is 26.2 Å². The van der Waals surface area contributed by atoms with Gasteiger partial charge in [0, 0.05) is 0 Å². The lowest BCUT2D eigenvalue weighted by Crippen LogP contribution is -2.10. The van der Waals surface area contributed by atoms with Crippen molar-refractivity contribution in [1.29, 1.82) is 0 Å². The number of cyclic esters (lactones) is 1. The molecular formula is C18H17NO2S. The first kappa shape index (κ1) is 14.7. The molecule has 0 amide bonds. The average molecular weight is 311 g/mol. The van der Waals surface area contributed by atoms with Gasteiger partial charge in [-0.1, -0.05) is 51.1 Å². The summed E-state index contributed by atoms with van der Waals surface area (Å²) in [7, 11) is 0. The Kier molecular flexibility index (Phi) is 3.71. The maximum Gasteiger partial charge on any atom is 0.363 e. The number of aliphatic imine (C=N–C) groups is 1. The molecule has 1 aliphatic heterocycles. The van der Waals surface area contributed by atoms with E-state index in [2.05, 4.69) is 37.9 Å². The second-order valence-corrected chi connectivity index (χ2v) is 7.13. The molecule has 0 fully saturated rings. The number of carbonyl (C=O) groups excluding carboxylic acids is 1. The molecule has 0 atom stereocenters. The highest BCUT2D eigenvalue weighted by atomic mass is 32.1. The maximum atomic E-state index is 11.9. The van der Waals surface area contributed by atoms with Crippen molar-refractivity contribution in [2.24, 2.45) is 4.99 Å². The summed E-state index contributed by atoms with van der Waals surface area (Å²) in [5.74, 6) is -0.0131. The molecule has 0 spiro atoms. The fraction of sp³-hybridized carbons (Fsp3) is 0.222. The van der Waals surface area contributed by atoms with Crippen LogP contribution in [0.4, 0.5) is 0 Å². The first-order valence-corrected chi connectivity index (χ1v) is 7.98. The molecule has 1 aliphatic rings. The van der Waals surface area contributed by atoms with Gasteiger partial charge in [-0.2, -0.15) is 0 Å². The summed E-state index contributed by atoms with van der Waals surface area (Å²) in [5.41, 5.74) is 2.65. The molecule has 4 heteroatoms. The predicted octanol–water partition coefficient (Wildman–Crippen LogP) is 4.39. The molecule has 0 aliphatic carbocycles. The Morgan fingerprint density at radius 3 is 2.45 bits per heavy atom. The van der Waals surface area contributed by atoms with Crippen LogP contribution < -0.4 is 0 Å². The SMILES string of the molecule is CC(C)(C)c1ccc(/C=C2/N=C(c3cccs3)OC2=O)cc1. The third-order valence-electron chi connectivity index (χ3n) is 3.43. The fourth-order valence-corrected chi connectivity index (χ4v) is 2.80. The Balaban J connectivity index is 1.87. The summed E-state index contributed by atoms with van der Waals surface area (Å²) >= 11 is 1.50. The molecular weight excluding hydrogens is 294 g/mol. The van der Waals surface area contributed by atoms with E-state index in [-0.39, 0.29) is 5.41 Å². The van der Waals surface area contributed by atoms with E-state index in [1.807, 2.05) is 29.6 Å². The zero-order valence-corrected chi connectivity index (χ0v) is 13.6. The second-order valence-electron chi connectivity index (χ2n) is 6.19. The van der Waals surface area contributed by atoms with Crippen LogP contribution >= 0.6 is 11.3 Å². The van der Waals surface area contributed by atoms with Gasteiger partial charge in [0.15, 0.2) is 5.70 Å². The van der Waals surface area contributed by atoms with E-state index in [1.165, 1.54) is 16.9 Å². The fourth-order valence-electron chi connectivity index (χ4n) is 2.15. The summed E-state index contributed by atoms with van der Waals surface area (Å²) in [4.78, 5) is 17.1. The van der Waals surface area contributed by atoms with E-state index in [9.17, 15) is 4.79 Å². The summed E-state index contributed by atoms with van der Waals surface area (Å²) < 4.78 is 5.22. The summed E-state index contributed by atoms with van der Waals surface area (Å²) in [6.45, 7) is 6.52. The van der Waals surface area contributed by atoms with E-state index in [0.29, 0.717) is 11.6 Å². The number of rotatable bonds is 2. The van der Waals surface area contributed by atoms with Crippen LogP contribution in [0.3, 0.4) is 0 Å². The van der Waals surface area contributed by atoms with Gasteiger partial charge in [0.1, 0.15) is 0 Å². The number of benzene rings is 1. The van der Waals surface area contributed by atoms with Crippen LogP contribution in [0.5, 0.6) is 0 Å². The van der Waals surface area contributed by atoms with Gasteiger partial charge in [0.05, 0.1) is 4.88 Å². The lowest BCUT2D eigenvalue weighted by molar-refractivity contribution is -0.129. The number of thiophene rings is 1. The molecule has 0 radical (unpaired) electrons. The van der Waals surface area contributed by atoms with E-state index < -0.39 is 5.97 Å². The third-order valence-corrected chi connectivity index (χ3v) is 4.29. The molecule has 0 saturated carbocycles. The molecule has 2 heterocycles. The number of esters is 1. The van der Waals surface area contributed by atoms with Gasteiger partial charge in [-0.25, -0.2) is 9.79 Å². The van der Waals surface area contributed by atoms with Gasteiger partial charge in [0.2, 0.25) is 5.90 Å². The van der Waals surface area contributed by atoms with E-state index >= 15 is 0 Å². The monoisotopic (exact) mass is 311 g/mol. The predicted molar refractivity (Wildman–Crippen MR) is 90.1 cm³/mol. The topological polar surface area (TPSA) is 38.7 Å². The number of nitrogens with zero attached hydrogens (tertiary/aromatic N) is 1. The lowest BCUT2D eigenvalue weighted by Gasteiger charge is -2.18. The van der Waals surface area contributed by atoms with Crippen LogP contribution in [0.2, 0.25) is 0 Å². The Hall–Kier alpha value is -2.20. The van der Waals surface area contributed by atoms with Crippen molar-refractivity contribution in [1.82, 2.24) is 0 Å². The van der Waals surface area contributed by atoms with Crippen molar-refractivity contribution in [3.63, 3.8) is 0 Å². The number of ether oxygens (including phenoxy) is 1. The van der Waals surface area contributed by atoms with Gasteiger partial charge < -0.3 is 4.74 Å². The maximum absolute atomic E-state index is 11.9. The highest BCUT2D eigenvalue weighted by Gasteiger charge is 2.24. The minimum absolute atomic E-state index is 0.114. The van der Waals surface area contributed by atoms with E-state index in [0.717, 1.165) is 10.4 Å². The molecule has 0 saturated heterocycles. The minimum atomic E-state index is -0.400. The molecule has 0 N–H and O–H groups in total. The Bertz CT molecular complexity index is 747. The summed E-state index contributed by atoms with van der Waals surface area (Å²) in [6.07, 6.45) is 1.76. The largest absolute Gasteiger partial charge is 0.401 e. The van der Waals surface area contributed by atoms with Gasteiger partial charge >= 0.3 is 5.97 Å². The quantitative estimate of drug-likeness (QED) is 0.609. The van der Waals surface area contributed by atoms with Gasteiger partial charge in [-0.15, -0.1) is 11.3 Å². The zero-order valence-electron chi connectivity index (χ0n) is 12.8. The van der Waals surface area contributed by atoms with Crippen LogP contribution in [-0.2, 0) is 14.9 Å². The average Bonchev–Trinajstić information content (AvgIpc) is 3.09. The lowest BCUT2D eigenvalue weighted by atomic mass is 9.87. The van der Waals surface area contributed by atoms with Crippen molar-refractivity contribution >= 4 is 29.3 Å².